The summed E-state index contributed by atoms with van der Waals surface area (Å²) in [5, 5.41) is 8.56. The second kappa shape index (κ2) is 12.7. The molecule has 4 rings (SSSR count). The average Bonchev–Trinajstić information content (AvgIpc) is 3.77. The Kier molecular flexibility index (Phi) is 9.97. The zero-order chi connectivity index (χ0) is 34.6. The Morgan fingerprint density at radius 1 is 0.935 bits per heavy atom. The lowest BCUT2D eigenvalue weighted by molar-refractivity contribution is -0.145. The van der Waals surface area contributed by atoms with Gasteiger partial charge >= 0.3 is 6.03 Å². The molecule has 13 nitrogen and oxygen atoms in total. The first-order chi connectivity index (χ1) is 21.1. The summed E-state index contributed by atoms with van der Waals surface area (Å²) in [5.74, 6) is -2.64. The van der Waals surface area contributed by atoms with Crippen LogP contribution in [0.2, 0.25) is 0 Å². The number of primary amides is 1. The molecule has 2 saturated heterocycles. The largest absolute Gasteiger partial charge is 0.363 e. The smallest absolute Gasteiger partial charge is 0.315 e. The highest BCUT2D eigenvalue weighted by Crippen LogP contribution is 2.65. The third kappa shape index (κ3) is 7.86. The van der Waals surface area contributed by atoms with Crippen molar-refractivity contribution in [3.63, 3.8) is 0 Å². The van der Waals surface area contributed by atoms with Crippen LogP contribution in [0.1, 0.15) is 87.5 Å². The summed E-state index contributed by atoms with van der Waals surface area (Å²) in [4.78, 5) is 67.6. The summed E-state index contributed by atoms with van der Waals surface area (Å²) >= 11 is 0. The van der Waals surface area contributed by atoms with Crippen LogP contribution in [-0.2, 0) is 29.2 Å². The molecule has 6 atom stereocenters. The predicted molar refractivity (Wildman–Crippen MR) is 172 cm³/mol. The van der Waals surface area contributed by atoms with Crippen molar-refractivity contribution in [2.24, 2.45) is 39.7 Å². The maximum Gasteiger partial charge on any atom is 0.315 e. The van der Waals surface area contributed by atoms with E-state index in [1.54, 1.807) is 0 Å². The van der Waals surface area contributed by atoms with Crippen molar-refractivity contribution in [2.75, 3.05) is 25.4 Å². The monoisotopic (exact) mass is 666 g/mol. The Morgan fingerprint density at radius 2 is 1.57 bits per heavy atom. The molecule has 46 heavy (non-hydrogen) atoms. The van der Waals surface area contributed by atoms with Crippen molar-refractivity contribution in [2.45, 2.75) is 112 Å². The van der Waals surface area contributed by atoms with Crippen LogP contribution in [-0.4, -0.2) is 96.7 Å². The van der Waals surface area contributed by atoms with Crippen LogP contribution in [0.15, 0.2) is 0 Å². The molecule has 0 radical (unpaired) electrons. The molecule has 2 saturated carbocycles. The van der Waals surface area contributed by atoms with Gasteiger partial charge in [-0.1, -0.05) is 68.2 Å². The van der Waals surface area contributed by atoms with E-state index in [1.165, 1.54) is 9.21 Å². The lowest BCUT2D eigenvalue weighted by atomic mass is 9.85. The third-order valence-corrected chi connectivity index (χ3v) is 12.4. The van der Waals surface area contributed by atoms with Crippen molar-refractivity contribution in [1.82, 2.24) is 25.2 Å². The second-order valence-corrected chi connectivity index (χ2v) is 18.7. The molecule has 260 valence electrons. The summed E-state index contributed by atoms with van der Waals surface area (Å²) in [6.45, 7) is 16.1. The fourth-order valence-electron chi connectivity index (χ4n) is 7.09. The van der Waals surface area contributed by atoms with Crippen molar-refractivity contribution in [3.8, 4) is 0 Å². The maximum absolute atomic E-state index is 14.3. The van der Waals surface area contributed by atoms with Gasteiger partial charge in [-0.3, -0.25) is 19.2 Å². The van der Waals surface area contributed by atoms with Gasteiger partial charge in [0.05, 0.1) is 11.8 Å². The van der Waals surface area contributed by atoms with Crippen LogP contribution in [0.25, 0.3) is 0 Å². The maximum atomic E-state index is 14.3. The Bertz CT molecular complexity index is 1350. The summed E-state index contributed by atoms with van der Waals surface area (Å²) in [6.07, 6.45) is 3.51. The van der Waals surface area contributed by atoms with Gasteiger partial charge in [0.2, 0.25) is 27.6 Å². The van der Waals surface area contributed by atoms with Crippen LogP contribution in [0.4, 0.5) is 4.79 Å². The number of rotatable bonds is 11. The van der Waals surface area contributed by atoms with Crippen molar-refractivity contribution >= 4 is 39.6 Å². The number of nitrogens with one attached hydrogen (secondary N) is 3. The van der Waals surface area contributed by atoms with Crippen molar-refractivity contribution in [3.05, 3.63) is 0 Å². The topological polar surface area (TPSA) is 188 Å². The van der Waals surface area contributed by atoms with Crippen LogP contribution in [0.5, 0.6) is 0 Å². The minimum absolute atomic E-state index is 0.0622. The minimum Gasteiger partial charge on any atom is -0.363 e. The number of hydrogen-bond donors (Lipinski definition) is 4. The van der Waals surface area contributed by atoms with Crippen molar-refractivity contribution in [1.29, 1.82) is 0 Å². The van der Waals surface area contributed by atoms with Gasteiger partial charge in [0, 0.05) is 25.7 Å². The summed E-state index contributed by atoms with van der Waals surface area (Å²) in [7, 11) is -3.42. The molecule has 0 aromatic carbocycles. The first kappa shape index (κ1) is 36.1. The number of nitrogens with two attached hydrogens (primary N) is 1. The number of amides is 5. The number of nitrogens with zero attached hydrogens (tertiary/aromatic N) is 2. The highest BCUT2D eigenvalue weighted by molar-refractivity contribution is 7.89. The van der Waals surface area contributed by atoms with E-state index in [-0.39, 0.29) is 35.5 Å². The standard InChI is InChI=1S/C32H54N6O7S/c1-30(2,3)21(17-37-13-9-10-14-46(37,44)45)35-29(43)36-25(31(4,5)6)28(42)38-16-19-22(32(19,7)8)23(38)27(41)34-20(15-18-11-12-18)24(39)26(33)40/h18-23,25H,9-17H2,1-8H3,(H2,33,40)(H,34,41)(H2,35,36,43)/t19-,20?,21+,22-,23-,25+/m0/s1. The van der Waals surface area contributed by atoms with Crippen LogP contribution in [0, 0.1) is 34.0 Å². The molecule has 0 aromatic heterocycles. The Morgan fingerprint density at radius 3 is 2.09 bits per heavy atom. The van der Waals surface area contributed by atoms with Crippen LogP contribution >= 0.6 is 0 Å². The number of urea groups is 1. The Labute approximate surface area is 273 Å². The van der Waals surface area contributed by atoms with E-state index in [0.29, 0.717) is 25.9 Å². The Balaban J connectivity index is 1.52. The van der Waals surface area contributed by atoms with E-state index >= 15 is 0 Å². The molecular formula is C32H54N6O7S. The van der Waals surface area contributed by atoms with Gasteiger partial charge in [-0.15, -0.1) is 0 Å². The normalized spacial score (nSPS) is 27.5. The number of Topliss-reactive ketones (excluding diaryl/α,β-unsaturated/α-hetero) is 1. The average molecular weight is 667 g/mol. The zero-order valence-electron chi connectivity index (χ0n) is 28.6. The van der Waals surface area contributed by atoms with Gasteiger partial charge in [0.25, 0.3) is 5.91 Å². The molecule has 0 bridgehead atoms. The molecular weight excluding hydrogens is 612 g/mol. The van der Waals surface area contributed by atoms with E-state index in [0.717, 1.165) is 19.3 Å². The van der Waals surface area contributed by atoms with Crippen LogP contribution < -0.4 is 21.7 Å². The molecule has 0 aromatic rings. The quantitative estimate of drug-likeness (QED) is 0.240. The van der Waals surface area contributed by atoms with E-state index in [4.69, 9.17) is 5.73 Å². The fraction of sp³-hybridized carbons (Fsp3) is 0.844. The first-order valence-corrected chi connectivity index (χ1v) is 18.2. The Hall–Kier alpha value is -2.74. The molecule has 2 heterocycles. The number of carbonyl (C=O) groups is 5. The molecule has 0 spiro atoms. The molecule has 2 aliphatic carbocycles. The van der Waals surface area contributed by atoms with Crippen LogP contribution in [0.3, 0.4) is 0 Å². The fourth-order valence-corrected chi connectivity index (χ4v) is 8.70. The molecule has 4 fully saturated rings. The number of ketones is 1. The number of fused-ring (bicyclic) bond motifs is 1. The minimum atomic E-state index is -3.42. The first-order valence-electron chi connectivity index (χ1n) is 16.5. The second-order valence-electron chi connectivity index (χ2n) is 16.6. The summed E-state index contributed by atoms with van der Waals surface area (Å²) in [5.41, 5.74) is 3.86. The van der Waals surface area contributed by atoms with E-state index in [1.807, 2.05) is 55.4 Å². The third-order valence-electron chi connectivity index (χ3n) is 10.5. The van der Waals surface area contributed by atoms with Gasteiger partial charge < -0.3 is 26.6 Å². The van der Waals surface area contributed by atoms with Gasteiger partial charge in [0.1, 0.15) is 12.1 Å². The number of sulfonamides is 1. The summed E-state index contributed by atoms with van der Waals surface area (Å²) in [6, 6.07) is -4.09. The lowest BCUT2D eigenvalue weighted by Crippen LogP contribution is -2.63. The molecule has 5 amide bonds. The van der Waals surface area contributed by atoms with E-state index in [2.05, 4.69) is 16.0 Å². The molecule has 4 aliphatic rings. The molecule has 5 N–H and O–H groups in total. The number of piperidine rings is 1. The highest BCUT2D eigenvalue weighted by Gasteiger charge is 2.70. The van der Waals surface area contributed by atoms with E-state index in [9.17, 15) is 32.4 Å². The van der Waals surface area contributed by atoms with Gasteiger partial charge in [-0.2, -0.15) is 4.31 Å². The van der Waals surface area contributed by atoms with Crippen molar-refractivity contribution < 1.29 is 32.4 Å². The van der Waals surface area contributed by atoms with Gasteiger partial charge in [0.15, 0.2) is 0 Å². The molecule has 1 unspecified atom stereocenters. The van der Waals surface area contributed by atoms with E-state index < -0.39 is 74.6 Å². The zero-order valence-corrected chi connectivity index (χ0v) is 29.5. The number of likely N-dealkylation sites (tertiary alicyclic amines) is 1. The van der Waals surface area contributed by atoms with Gasteiger partial charge in [-0.05, 0) is 53.3 Å². The summed E-state index contributed by atoms with van der Waals surface area (Å²) < 4.78 is 26.8. The van der Waals surface area contributed by atoms with Gasteiger partial charge in [-0.25, -0.2) is 13.2 Å². The number of hydrogen-bond acceptors (Lipinski definition) is 7. The molecule has 14 heteroatoms. The highest BCUT2D eigenvalue weighted by atomic mass is 32.2. The lowest BCUT2D eigenvalue weighted by Gasteiger charge is -2.39. The predicted octanol–water partition coefficient (Wildman–Crippen LogP) is 1.36. The SMILES string of the molecule is CC(C)(C)[C@H](NC(=O)N[C@H](CN1CCCCS1(=O)=O)C(C)(C)C)C(=O)N1C[C@H]2[C@@H]([C@H]1C(=O)NC(CC1CC1)C(=O)C(N)=O)C2(C)C. The number of carbonyl (C=O) groups excluding carboxylic acids is 5. The molecule has 2 aliphatic heterocycles.